The summed E-state index contributed by atoms with van der Waals surface area (Å²) in [7, 11) is 0. The second kappa shape index (κ2) is 7.39. The van der Waals surface area contributed by atoms with Crippen LogP contribution in [0.25, 0.3) is 0 Å². The van der Waals surface area contributed by atoms with Crippen LogP contribution >= 0.6 is 11.6 Å². The zero-order chi connectivity index (χ0) is 17.0. The van der Waals surface area contributed by atoms with E-state index in [2.05, 4.69) is 5.32 Å². The summed E-state index contributed by atoms with van der Waals surface area (Å²) in [5.74, 6) is -1.06. The maximum Gasteiger partial charge on any atom is 0.253 e. The van der Waals surface area contributed by atoms with E-state index in [4.69, 9.17) is 11.6 Å². The molecule has 2 N–H and O–H groups in total. The van der Waals surface area contributed by atoms with Crippen molar-refractivity contribution < 1.29 is 14.3 Å². The van der Waals surface area contributed by atoms with E-state index in [1.165, 1.54) is 22.9 Å². The highest BCUT2D eigenvalue weighted by Gasteiger charge is 2.12. The molecule has 1 unspecified atom stereocenters. The van der Waals surface area contributed by atoms with Gasteiger partial charge in [0.1, 0.15) is 12.4 Å². The molecule has 2 rings (SSSR count). The Morgan fingerprint density at radius 2 is 2.17 bits per heavy atom. The van der Waals surface area contributed by atoms with E-state index < -0.39 is 17.8 Å². The molecule has 0 spiro atoms. The average molecular weight is 339 g/mol. The van der Waals surface area contributed by atoms with Gasteiger partial charge in [-0.05, 0) is 30.7 Å². The highest BCUT2D eigenvalue weighted by Crippen LogP contribution is 2.19. The molecule has 0 aliphatic heterocycles. The minimum Gasteiger partial charge on any atom is -0.387 e. The van der Waals surface area contributed by atoms with E-state index >= 15 is 0 Å². The van der Waals surface area contributed by atoms with Crippen LogP contribution in [0.15, 0.2) is 41.3 Å². The molecule has 1 aromatic heterocycles. The Hall–Kier alpha value is -2.18. The first kappa shape index (κ1) is 17.2. The molecule has 0 bridgehead atoms. The van der Waals surface area contributed by atoms with Crippen molar-refractivity contribution in [1.82, 2.24) is 9.88 Å². The van der Waals surface area contributed by atoms with Crippen LogP contribution < -0.4 is 10.9 Å². The predicted molar refractivity (Wildman–Crippen MR) is 84.8 cm³/mol. The first-order chi connectivity index (χ1) is 10.9. The number of hydrogen-bond donors (Lipinski definition) is 2. The molecular formula is C16H16ClFN2O3. The first-order valence-electron chi connectivity index (χ1n) is 6.94. The number of aromatic nitrogens is 1. The Kier molecular flexibility index (Phi) is 5.52. The number of aryl methyl sites for hydroxylation is 1. The second-order valence-electron chi connectivity index (χ2n) is 5.12. The highest BCUT2D eigenvalue weighted by atomic mass is 35.5. The van der Waals surface area contributed by atoms with Gasteiger partial charge in [0, 0.05) is 18.3 Å². The molecule has 1 atom stereocenters. The number of benzene rings is 1. The van der Waals surface area contributed by atoms with Gasteiger partial charge in [-0.25, -0.2) is 4.39 Å². The molecule has 0 saturated heterocycles. The quantitative estimate of drug-likeness (QED) is 0.873. The fraction of sp³-hybridized carbons (Fsp3) is 0.250. The summed E-state index contributed by atoms with van der Waals surface area (Å²) in [4.78, 5) is 23.7. The Balaban J connectivity index is 1.94. The summed E-state index contributed by atoms with van der Waals surface area (Å²) in [6.45, 7) is 1.41. The number of hydrogen-bond acceptors (Lipinski definition) is 3. The van der Waals surface area contributed by atoms with E-state index in [9.17, 15) is 19.1 Å². The van der Waals surface area contributed by atoms with Crippen LogP contribution in [-0.4, -0.2) is 22.1 Å². The third kappa shape index (κ3) is 4.40. The number of nitrogens with zero attached hydrogens (tertiary/aromatic N) is 1. The largest absolute Gasteiger partial charge is 0.387 e. The lowest BCUT2D eigenvalue weighted by molar-refractivity contribution is -0.122. The zero-order valence-corrected chi connectivity index (χ0v) is 13.2. The van der Waals surface area contributed by atoms with Gasteiger partial charge in [-0.2, -0.15) is 0 Å². The third-order valence-electron chi connectivity index (χ3n) is 3.35. The van der Waals surface area contributed by atoms with Gasteiger partial charge in [-0.15, -0.1) is 0 Å². The lowest BCUT2D eigenvalue weighted by Gasteiger charge is -2.13. The van der Waals surface area contributed by atoms with Crippen LogP contribution in [0.1, 0.15) is 17.2 Å². The molecule has 0 aliphatic carbocycles. The van der Waals surface area contributed by atoms with E-state index in [1.54, 1.807) is 19.1 Å². The van der Waals surface area contributed by atoms with Gasteiger partial charge in [0.25, 0.3) is 5.56 Å². The number of nitrogens with one attached hydrogen (secondary N) is 1. The first-order valence-corrected chi connectivity index (χ1v) is 7.32. The van der Waals surface area contributed by atoms with Crippen molar-refractivity contribution >= 4 is 17.5 Å². The fourth-order valence-electron chi connectivity index (χ4n) is 2.04. The van der Waals surface area contributed by atoms with Crippen LogP contribution in [0.3, 0.4) is 0 Å². The van der Waals surface area contributed by atoms with Crippen molar-refractivity contribution in [1.29, 1.82) is 0 Å². The van der Waals surface area contributed by atoms with Crippen LogP contribution in [0.4, 0.5) is 4.39 Å². The average Bonchev–Trinajstić information content (AvgIpc) is 2.52. The van der Waals surface area contributed by atoms with Gasteiger partial charge >= 0.3 is 0 Å². The molecule has 23 heavy (non-hydrogen) atoms. The van der Waals surface area contributed by atoms with E-state index in [1.807, 2.05) is 0 Å². The fourth-order valence-corrected chi connectivity index (χ4v) is 2.16. The van der Waals surface area contributed by atoms with Crippen molar-refractivity contribution in [2.75, 3.05) is 6.54 Å². The van der Waals surface area contributed by atoms with Crippen molar-refractivity contribution in [3.05, 3.63) is 68.8 Å². The third-order valence-corrected chi connectivity index (χ3v) is 3.65. The van der Waals surface area contributed by atoms with E-state index in [-0.39, 0.29) is 23.7 Å². The van der Waals surface area contributed by atoms with Gasteiger partial charge in [-0.3, -0.25) is 9.59 Å². The summed E-state index contributed by atoms with van der Waals surface area (Å²) >= 11 is 5.57. The minimum absolute atomic E-state index is 0.0381. The number of aliphatic hydroxyl groups is 1. The smallest absolute Gasteiger partial charge is 0.253 e. The predicted octanol–water partition coefficient (Wildman–Crippen LogP) is 1.80. The number of halogens is 2. The lowest BCUT2D eigenvalue weighted by Crippen LogP contribution is -2.34. The standard InChI is InChI=1S/C16H16ClFN2O3/c1-10-3-2-6-20(16(10)23)9-15(22)19-8-14(21)11-4-5-12(17)13(18)7-11/h2-7,14,21H,8-9H2,1H3,(H,19,22). The molecule has 2 aromatic rings. The highest BCUT2D eigenvalue weighted by molar-refractivity contribution is 6.30. The molecule has 1 amide bonds. The molecule has 122 valence electrons. The summed E-state index contributed by atoms with van der Waals surface area (Å²) < 4.78 is 14.6. The summed E-state index contributed by atoms with van der Waals surface area (Å²) in [5.41, 5.74) is 0.597. The Bertz CT molecular complexity index is 776. The van der Waals surface area contributed by atoms with Gasteiger partial charge in [-0.1, -0.05) is 23.7 Å². The van der Waals surface area contributed by atoms with Gasteiger partial charge in [0.15, 0.2) is 0 Å². The van der Waals surface area contributed by atoms with Crippen molar-refractivity contribution in [2.45, 2.75) is 19.6 Å². The molecule has 0 fully saturated rings. The van der Waals surface area contributed by atoms with E-state index in [0.29, 0.717) is 11.1 Å². The summed E-state index contributed by atoms with van der Waals surface area (Å²) in [6, 6.07) is 7.27. The maximum absolute atomic E-state index is 13.3. The molecule has 0 saturated carbocycles. The Morgan fingerprint density at radius 1 is 1.43 bits per heavy atom. The number of carbonyl (C=O) groups is 1. The molecular weight excluding hydrogens is 323 g/mol. The molecule has 7 heteroatoms. The monoisotopic (exact) mass is 338 g/mol. The van der Waals surface area contributed by atoms with Crippen molar-refractivity contribution in [3.8, 4) is 0 Å². The van der Waals surface area contributed by atoms with Gasteiger partial charge < -0.3 is 15.0 Å². The minimum atomic E-state index is -1.07. The summed E-state index contributed by atoms with van der Waals surface area (Å²) in [5, 5.41) is 12.4. The number of pyridine rings is 1. The molecule has 1 heterocycles. The Labute approximate surface area is 137 Å². The van der Waals surface area contributed by atoms with Crippen molar-refractivity contribution in [3.63, 3.8) is 0 Å². The summed E-state index contributed by atoms with van der Waals surface area (Å²) in [6.07, 6.45) is 0.444. The van der Waals surface area contributed by atoms with Gasteiger partial charge in [0.05, 0.1) is 11.1 Å². The van der Waals surface area contributed by atoms with Gasteiger partial charge in [0.2, 0.25) is 5.91 Å². The normalized spacial score (nSPS) is 12.0. The second-order valence-corrected chi connectivity index (χ2v) is 5.52. The molecule has 5 nitrogen and oxygen atoms in total. The number of carbonyl (C=O) groups excluding carboxylic acids is 1. The van der Waals surface area contributed by atoms with Crippen molar-refractivity contribution in [2.24, 2.45) is 0 Å². The molecule has 0 radical (unpaired) electrons. The number of aliphatic hydroxyl groups excluding tert-OH is 1. The Morgan fingerprint density at radius 3 is 2.87 bits per heavy atom. The lowest BCUT2D eigenvalue weighted by atomic mass is 10.1. The maximum atomic E-state index is 13.3. The van der Waals surface area contributed by atoms with Crippen LogP contribution in [0.2, 0.25) is 5.02 Å². The molecule has 1 aromatic carbocycles. The number of amides is 1. The van der Waals surface area contributed by atoms with E-state index in [0.717, 1.165) is 6.07 Å². The van der Waals surface area contributed by atoms with Crippen LogP contribution in [0.5, 0.6) is 0 Å². The SMILES string of the molecule is Cc1cccn(CC(=O)NCC(O)c2ccc(Cl)c(F)c2)c1=O. The molecule has 0 aliphatic rings. The topological polar surface area (TPSA) is 71.3 Å². The number of rotatable bonds is 5. The van der Waals surface area contributed by atoms with Crippen LogP contribution in [0, 0.1) is 12.7 Å². The van der Waals surface area contributed by atoms with Crippen LogP contribution in [-0.2, 0) is 11.3 Å². The zero-order valence-electron chi connectivity index (χ0n) is 12.4.